The van der Waals surface area contributed by atoms with Gasteiger partial charge >= 0.3 is 0 Å². The van der Waals surface area contributed by atoms with E-state index < -0.39 is 0 Å². The number of oxazole rings is 1. The van der Waals surface area contributed by atoms with E-state index in [-0.39, 0.29) is 0 Å². The summed E-state index contributed by atoms with van der Waals surface area (Å²) in [5.74, 6) is 2.26. The minimum Gasteiger partial charge on any atom is -0.440 e. The van der Waals surface area contributed by atoms with Crippen molar-refractivity contribution >= 4 is 55.0 Å². The molecule has 0 aliphatic carbocycles. The molecule has 0 aliphatic heterocycles. The third-order valence-electron chi connectivity index (χ3n) is 10.2. The van der Waals surface area contributed by atoms with Gasteiger partial charge in [0.25, 0.3) is 0 Å². The number of aromatic nitrogens is 9. The zero-order chi connectivity index (χ0) is 44.2. The normalized spacial score (nSPS) is 11.1. The van der Waals surface area contributed by atoms with Gasteiger partial charge in [-0.25, -0.2) is 9.97 Å². The Morgan fingerprint density at radius 3 is 1.95 bits per heavy atom. The van der Waals surface area contributed by atoms with Crippen molar-refractivity contribution in [2.45, 2.75) is 99.1 Å². The van der Waals surface area contributed by atoms with Crippen LogP contribution in [-0.4, -0.2) is 44.3 Å². The van der Waals surface area contributed by atoms with Crippen LogP contribution in [0.25, 0.3) is 55.0 Å². The summed E-state index contributed by atoms with van der Waals surface area (Å²) in [4.78, 5) is 25.6. The number of pyridine rings is 2. The first-order valence-corrected chi connectivity index (χ1v) is 21.5. The Labute approximate surface area is 365 Å². The molecule has 6 aromatic heterocycles. The molecule has 0 aliphatic rings. The second-order valence-corrected chi connectivity index (χ2v) is 16.6. The topological polar surface area (TPSA) is 113 Å². The van der Waals surface area contributed by atoms with E-state index in [4.69, 9.17) is 4.42 Å². The molecule has 10 nitrogen and oxygen atoms in total. The summed E-state index contributed by atoms with van der Waals surface area (Å²) < 4.78 is 9.67. The second-order valence-electron chi connectivity index (χ2n) is 16.6. The molecule has 62 heavy (non-hydrogen) atoms. The molecule has 0 spiro atoms. The first kappa shape index (κ1) is 44.7. The summed E-state index contributed by atoms with van der Waals surface area (Å²) in [6.45, 7) is 21.4. The smallest absolute Gasteiger partial charge is 0.198 e. The average Bonchev–Trinajstić information content (AvgIpc) is 4.05. The molecular formula is C52H59N9O. The second kappa shape index (κ2) is 21.1. The van der Waals surface area contributed by atoms with E-state index in [1.807, 2.05) is 96.3 Å². The van der Waals surface area contributed by atoms with Crippen molar-refractivity contribution in [2.75, 3.05) is 0 Å². The van der Waals surface area contributed by atoms with Crippen molar-refractivity contribution < 1.29 is 4.42 Å². The van der Waals surface area contributed by atoms with Crippen LogP contribution >= 0.6 is 0 Å². The maximum atomic E-state index is 5.52. The number of hydrogen-bond acceptors (Lipinski definition) is 8. The predicted octanol–water partition coefficient (Wildman–Crippen LogP) is 13.7. The van der Waals surface area contributed by atoms with Gasteiger partial charge in [-0.05, 0) is 105 Å². The molecule has 0 saturated heterocycles. The first-order valence-electron chi connectivity index (χ1n) is 21.5. The molecule has 0 N–H and O–H groups in total. The lowest BCUT2D eigenvalue weighted by Crippen LogP contribution is -2.01. The molecule has 4 aromatic carbocycles. The Morgan fingerprint density at radius 2 is 1.23 bits per heavy atom. The first-order chi connectivity index (χ1) is 29.9. The highest BCUT2D eigenvalue weighted by Crippen LogP contribution is 2.23. The zero-order valence-electron chi connectivity index (χ0n) is 37.7. The van der Waals surface area contributed by atoms with Gasteiger partial charge < -0.3 is 8.98 Å². The van der Waals surface area contributed by atoms with Gasteiger partial charge in [-0.2, -0.15) is 5.10 Å². The lowest BCUT2D eigenvalue weighted by atomic mass is 10.0. The lowest BCUT2D eigenvalue weighted by molar-refractivity contribution is 0.501. The highest BCUT2D eigenvalue weighted by atomic mass is 16.3. The molecular weight excluding hydrogens is 767 g/mol. The molecule has 0 fully saturated rings. The summed E-state index contributed by atoms with van der Waals surface area (Å²) in [7, 11) is 0. The van der Waals surface area contributed by atoms with E-state index >= 15 is 0 Å². The average molecular weight is 826 g/mol. The Bertz CT molecular complexity index is 2800. The number of hydrogen-bond donors (Lipinski definition) is 0. The van der Waals surface area contributed by atoms with Crippen molar-refractivity contribution in [3.8, 4) is 0 Å². The third-order valence-corrected chi connectivity index (χ3v) is 10.2. The van der Waals surface area contributed by atoms with Gasteiger partial charge in [-0.3, -0.25) is 24.6 Å². The Balaban J connectivity index is 0.000000129. The summed E-state index contributed by atoms with van der Waals surface area (Å²) in [5.41, 5.74) is 10.9. The standard InChI is InChI=1S/C12H13N.C11H12N2.C10H12N2.C10H11NO.C9H11N3/c1-9(2)10-5-6-12-11(8-10)4-3-7-13-12;1-8(2)9-4-3-5-10-11(9)13-7-6-12-10;1-8(2)12-7-11-9-5-3-4-6-10(9)12;1-7(2)10-11-8-5-3-4-6-9(8)12-10;1-7(2)12-9-6-10-4-3-8(9)5-11-12/h3-9H,1-2H3;3-8H,1-2H3;3-8H,1-2H3;2*3-7H,1-2H3. The van der Waals surface area contributed by atoms with Crippen molar-refractivity contribution in [2.24, 2.45) is 0 Å². The number of nitrogens with zero attached hydrogens (tertiary/aromatic N) is 9. The summed E-state index contributed by atoms with van der Waals surface area (Å²) in [6.07, 6.45) is 12.7. The minimum atomic E-state index is 0.359. The van der Waals surface area contributed by atoms with E-state index in [0.717, 1.165) is 50.0 Å². The van der Waals surface area contributed by atoms with E-state index in [1.54, 1.807) is 18.6 Å². The van der Waals surface area contributed by atoms with Gasteiger partial charge in [-0.15, -0.1) is 0 Å². The number of benzene rings is 4. The van der Waals surface area contributed by atoms with Gasteiger partial charge in [-0.1, -0.05) is 90.1 Å². The van der Waals surface area contributed by atoms with Crippen molar-refractivity contribution in [1.82, 2.24) is 44.3 Å². The Kier molecular flexibility index (Phi) is 15.2. The van der Waals surface area contributed by atoms with Crippen LogP contribution in [0, 0.1) is 0 Å². The van der Waals surface area contributed by atoms with Gasteiger partial charge in [0.1, 0.15) is 5.52 Å². The molecule has 0 atom stereocenters. The number of para-hydroxylation sites is 5. The number of imidazole rings is 1. The molecule has 0 radical (unpaired) electrons. The van der Waals surface area contributed by atoms with Crippen molar-refractivity contribution in [3.63, 3.8) is 0 Å². The van der Waals surface area contributed by atoms with Crippen LogP contribution in [0.2, 0.25) is 0 Å². The van der Waals surface area contributed by atoms with Gasteiger partial charge in [0.15, 0.2) is 11.5 Å². The van der Waals surface area contributed by atoms with Crippen LogP contribution in [0.4, 0.5) is 0 Å². The van der Waals surface area contributed by atoms with Gasteiger partial charge in [0.05, 0.1) is 51.8 Å². The van der Waals surface area contributed by atoms with Crippen LogP contribution in [-0.2, 0) is 0 Å². The van der Waals surface area contributed by atoms with E-state index in [1.165, 1.54) is 22.0 Å². The summed E-state index contributed by atoms with van der Waals surface area (Å²) >= 11 is 0. The Hall–Kier alpha value is -6.81. The molecule has 318 valence electrons. The minimum absolute atomic E-state index is 0.359. The van der Waals surface area contributed by atoms with Crippen LogP contribution < -0.4 is 0 Å². The fourth-order valence-electron chi connectivity index (χ4n) is 6.76. The quantitative estimate of drug-likeness (QED) is 0.169. The third kappa shape index (κ3) is 11.3. The van der Waals surface area contributed by atoms with E-state index in [0.29, 0.717) is 29.8 Å². The van der Waals surface area contributed by atoms with Gasteiger partial charge in [0.2, 0.25) is 0 Å². The van der Waals surface area contributed by atoms with Crippen LogP contribution in [0.15, 0.2) is 151 Å². The van der Waals surface area contributed by atoms with Crippen LogP contribution in [0.1, 0.15) is 116 Å². The Morgan fingerprint density at radius 1 is 0.500 bits per heavy atom. The lowest BCUT2D eigenvalue weighted by Gasteiger charge is -2.07. The van der Waals surface area contributed by atoms with Crippen LogP contribution in [0.5, 0.6) is 0 Å². The molecule has 0 unspecified atom stereocenters. The predicted molar refractivity (Wildman–Crippen MR) is 256 cm³/mol. The molecule has 0 bridgehead atoms. The highest BCUT2D eigenvalue weighted by molar-refractivity contribution is 5.80. The summed E-state index contributed by atoms with van der Waals surface area (Å²) in [6, 6.07) is 35.6. The monoisotopic (exact) mass is 825 g/mol. The SMILES string of the molecule is CC(C)c1ccc2ncccc2c1.CC(C)c1cccc2nccnc12.CC(C)c1nc2ccccc2o1.CC(C)n1cnc2ccccc21.CC(C)n1ncc2ccncc21. The van der Waals surface area contributed by atoms with E-state index in [9.17, 15) is 0 Å². The van der Waals surface area contributed by atoms with Gasteiger partial charge in [0, 0.05) is 53.6 Å². The molecule has 10 heteroatoms. The molecule has 10 rings (SSSR count). The maximum absolute atomic E-state index is 5.52. The molecule has 10 aromatic rings. The van der Waals surface area contributed by atoms with E-state index in [2.05, 4.69) is 145 Å². The molecule has 0 saturated carbocycles. The number of rotatable bonds is 5. The fraction of sp³-hybridized carbons (Fsp3) is 0.288. The fourth-order valence-corrected chi connectivity index (χ4v) is 6.76. The molecule has 6 heterocycles. The largest absolute Gasteiger partial charge is 0.440 e. The maximum Gasteiger partial charge on any atom is 0.198 e. The zero-order valence-corrected chi connectivity index (χ0v) is 37.7. The highest BCUT2D eigenvalue weighted by Gasteiger charge is 2.09. The van der Waals surface area contributed by atoms with Crippen molar-refractivity contribution in [3.05, 3.63) is 164 Å². The summed E-state index contributed by atoms with van der Waals surface area (Å²) in [5, 5.41) is 6.65. The molecule has 0 amide bonds. The van der Waals surface area contributed by atoms with Crippen LogP contribution in [0.3, 0.4) is 0 Å². The van der Waals surface area contributed by atoms with Crippen molar-refractivity contribution in [1.29, 1.82) is 0 Å². The number of fused-ring (bicyclic) bond motifs is 5.